The average molecular weight is 378 g/mol. The third-order valence-corrected chi connectivity index (χ3v) is 3.82. The molecule has 0 aromatic rings. The summed E-state index contributed by atoms with van der Waals surface area (Å²) in [6, 6.07) is 0. The van der Waals surface area contributed by atoms with Crippen LogP contribution in [-0.4, -0.2) is 55.4 Å². The fourth-order valence-electron chi connectivity index (χ4n) is 1.88. The van der Waals surface area contributed by atoms with E-state index in [4.69, 9.17) is 18.8 Å². The maximum Gasteiger partial charge on any atom is 0.330 e. The predicted octanol–water partition coefficient (Wildman–Crippen LogP) is 0.659. The number of hydrogen-bond acceptors (Lipinski definition) is 8. The molecule has 0 amide bonds. The lowest BCUT2D eigenvalue weighted by Crippen LogP contribution is -2.40. The highest BCUT2D eigenvalue weighted by Gasteiger charge is 2.36. The SMILES string of the molecule is C=CC(=O)OC(C)C(C(=O)OCCCS(=O)(=O)O)C(C)OC(=O)C=C. The Morgan fingerprint density at radius 2 is 1.48 bits per heavy atom. The average Bonchev–Trinajstić information content (AvgIpc) is 2.50. The summed E-state index contributed by atoms with van der Waals surface area (Å²) in [7, 11) is -4.17. The van der Waals surface area contributed by atoms with E-state index in [9.17, 15) is 22.8 Å². The molecule has 0 heterocycles. The summed E-state index contributed by atoms with van der Waals surface area (Å²) in [5.41, 5.74) is 0. The highest BCUT2D eigenvalue weighted by molar-refractivity contribution is 7.85. The lowest BCUT2D eigenvalue weighted by molar-refractivity contribution is -0.168. The molecule has 2 unspecified atom stereocenters. The molecule has 2 atom stereocenters. The van der Waals surface area contributed by atoms with Gasteiger partial charge in [-0.2, -0.15) is 8.42 Å². The van der Waals surface area contributed by atoms with Crippen LogP contribution in [0.25, 0.3) is 0 Å². The molecule has 0 fully saturated rings. The number of esters is 3. The normalized spacial score (nSPS) is 14.5. The van der Waals surface area contributed by atoms with Crippen molar-refractivity contribution < 1.29 is 41.6 Å². The van der Waals surface area contributed by atoms with Gasteiger partial charge in [-0.3, -0.25) is 9.35 Å². The predicted molar refractivity (Wildman–Crippen MR) is 87.0 cm³/mol. The number of carbonyl (C=O) groups excluding carboxylic acids is 3. The minimum absolute atomic E-state index is 0.126. The van der Waals surface area contributed by atoms with Crippen LogP contribution in [0.3, 0.4) is 0 Å². The molecule has 10 heteroatoms. The van der Waals surface area contributed by atoms with E-state index >= 15 is 0 Å². The first-order valence-corrected chi connectivity index (χ1v) is 8.90. The molecule has 0 aromatic carbocycles. The van der Waals surface area contributed by atoms with Crippen molar-refractivity contribution in [2.24, 2.45) is 5.92 Å². The van der Waals surface area contributed by atoms with E-state index in [2.05, 4.69) is 13.2 Å². The third kappa shape index (κ3) is 9.62. The summed E-state index contributed by atoms with van der Waals surface area (Å²) in [5.74, 6) is -4.15. The molecule has 1 N–H and O–H groups in total. The number of carbonyl (C=O) groups is 3. The summed E-state index contributed by atoms with van der Waals surface area (Å²) < 4.78 is 44.7. The monoisotopic (exact) mass is 378 g/mol. The number of ether oxygens (including phenoxy) is 3. The first kappa shape index (κ1) is 22.8. The van der Waals surface area contributed by atoms with Crippen molar-refractivity contribution in [1.29, 1.82) is 0 Å². The van der Waals surface area contributed by atoms with Crippen LogP contribution >= 0.6 is 0 Å². The molecule has 0 aliphatic heterocycles. The summed E-state index contributed by atoms with van der Waals surface area (Å²) in [4.78, 5) is 34.8. The van der Waals surface area contributed by atoms with E-state index in [0.29, 0.717) is 0 Å². The molecule has 0 saturated heterocycles. The Kier molecular flexibility index (Phi) is 9.69. The molecular formula is C15H22O9S. The molecule has 0 radical (unpaired) electrons. The zero-order valence-electron chi connectivity index (χ0n) is 14.0. The molecule has 142 valence electrons. The fourth-order valence-corrected chi connectivity index (χ4v) is 2.37. The standard InChI is InChI=1S/C15H22O9S/c1-5-12(16)23-10(3)14(11(4)24-13(17)6-2)15(18)22-8-7-9-25(19,20)21/h5-6,10-11,14H,1-2,7-9H2,3-4H3,(H,19,20,21). The summed E-state index contributed by atoms with van der Waals surface area (Å²) in [6.45, 7) is 9.00. The summed E-state index contributed by atoms with van der Waals surface area (Å²) in [6.07, 6.45) is -0.324. The maximum atomic E-state index is 12.2. The second-order valence-electron chi connectivity index (χ2n) is 5.03. The minimum atomic E-state index is -4.17. The highest BCUT2D eigenvalue weighted by atomic mass is 32.2. The Morgan fingerprint density at radius 1 is 1.04 bits per heavy atom. The van der Waals surface area contributed by atoms with Crippen molar-refractivity contribution in [3.8, 4) is 0 Å². The topological polar surface area (TPSA) is 133 Å². The quantitative estimate of drug-likeness (QED) is 0.181. The van der Waals surface area contributed by atoms with Gasteiger partial charge in [-0.15, -0.1) is 0 Å². The Hall–Kier alpha value is -2.20. The Morgan fingerprint density at radius 3 is 1.84 bits per heavy atom. The lowest BCUT2D eigenvalue weighted by Gasteiger charge is -2.26. The summed E-state index contributed by atoms with van der Waals surface area (Å²) in [5, 5.41) is 0. The zero-order chi connectivity index (χ0) is 19.6. The Bertz CT molecular complexity index is 580. The van der Waals surface area contributed by atoms with Gasteiger partial charge in [0, 0.05) is 12.2 Å². The van der Waals surface area contributed by atoms with Gasteiger partial charge in [0.2, 0.25) is 0 Å². The van der Waals surface area contributed by atoms with E-state index in [1.807, 2.05) is 0 Å². The largest absolute Gasteiger partial charge is 0.465 e. The molecule has 0 bridgehead atoms. The van der Waals surface area contributed by atoms with Crippen molar-refractivity contribution in [2.45, 2.75) is 32.5 Å². The Labute approximate surface area is 146 Å². The zero-order valence-corrected chi connectivity index (χ0v) is 14.9. The third-order valence-electron chi connectivity index (χ3n) is 3.01. The molecule has 9 nitrogen and oxygen atoms in total. The van der Waals surface area contributed by atoms with Crippen LogP contribution in [0.15, 0.2) is 25.3 Å². The van der Waals surface area contributed by atoms with Gasteiger partial charge in [-0.1, -0.05) is 13.2 Å². The maximum absolute atomic E-state index is 12.2. The number of hydrogen-bond donors (Lipinski definition) is 1. The molecule has 0 aliphatic rings. The highest BCUT2D eigenvalue weighted by Crippen LogP contribution is 2.19. The van der Waals surface area contributed by atoms with Crippen LogP contribution in [0.5, 0.6) is 0 Å². The van der Waals surface area contributed by atoms with Crippen LogP contribution in [0.4, 0.5) is 0 Å². The molecule has 0 rings (SSSR count). The van der Waals surface area contributed by atoms with Gasteiger partial charge in [-0.25, -0.2) is 9.59 Å². The first-order chi connectivity index (χ1) is 11.5. The second kappa shape index (κ2) is 10.6. The second-order valence-corrected chi connectivity index (χ2v) is 6.60. The van der Waals surface area contributed by atoms with Crippen molar-refractivity contribution >= 4 is 28.0 Å². The van der Waals surface area contributed by atoms with E-state index in [1.54, 1.807) is 0 Å². The van der Waals surface area contributed by atoms with E-state index in [1.165, 1.54) is 13.8 Å². The summed E-state index contributed by atoms with van der Waals surface area (Å²) >= 11 is 0. The Balaban J connectivity index is 4.98. The van der Waals surface area contributed by atoms with Gasteiger partial charge in [0.05, 0.1) is 12.4 Å². The van der Waals surface area contributed by atoms with Gasteiger partial charge in [0.1, 0.15) is 18.1 Å². The van der Waals surface area contributed by atoms with Gasteiger partial charge >= 0.3 is 17.9 Å². The molecular weight excluding hydrogens is 356 g/mol. The van der Waals surface area contributed by atoms with E-state index in [-0.39, 0.29) is 13.0 Å². The molecule has 25 heavy (non-hydrogen) atoms. The molecule has 0 saturated carbocycles. The van der Waals surface area contributed by atoms with Gasteiger partial charge in [0.15, 0.2) is 0 Å². The van der Waals surface area contributed by atoms with Crippen LogP contribution in [-0.2, 0) is 38.7 Å². The van der Waals surface area contributed by atoms with Gasteiger partial charge in [-0.05, 0) is 20.3 Å². The van der Waals surface area contributed by atoms with Crippen molar-refractivity contribution in [3.05, 3.63) is 25.3 Å². The smallest absolute Gasteiger partial charge is 0.330 e. The molecule has 0 aliphatic carbocycles. The fraction of sp³-hybridized carbons (Fsp3) is 0.533. The first-order valence-electron chi connectivity index (χ1n) is 7.29. The molecule has 0 aromatic heterocycles. The van der Waals surface area contributed by atoms with Crippen LogP contribution < -0.4 is 0 Å². The molecule has 0 spiro atoms. The van der Waals surface area contributed by atoms with Gasteiger partial charge < -0.3 is 14.2 Å². The van der Waals surface area contributed by atoms with Gasteiger partial charge in [0.25, 0.3) is 10.1 Å². The van der Waals surface area contributed by atoms with Crippen LogP contribution in [0.2, 0.25) is 0 Å². The van der Waals surface area contributed by atoms with E-state index < -0.39 is 51.9 Å². The van der Waals surface area contributed by atoms with Crippen LogP contribution in [0.1, 0.15) is 20.3 Å². The van der Waals surface area contributed by atoms with E-state index in [0.717, 1.165) is 12.2 Å². The van der Waals surface area contributed by atoms with Crippen molar-refractivity contribution in [2.75, 3.05) is 12.4 Å². The van der Waals surface area contributed by atoms with Crippen LogP contribution in [0, 0.1) is 5.92 Å². The van der Waals surface area contributed by atoms with Crippen molar-refractivity contribution in [3.63, 3.8) is 0 Å². The number of rotatable bonds is 11. The van der Waals surface area contributed by atoms with Crippen molar-refractivity contribution in [1.82, 2.24) is 0 Å². The minimum Gasteiger partial charge on any atom is -0.465 e. The lowest BCUT2D eigenvalue weighted by atomic mass is 9.97.